The van der Waals surface area contributed by atoms with E-state index in [9.17, 15) is 5.11 Å². The largest absolute Gasteiger partial charge is 0.396 e. The molecule has 0 aliphatic carbocycles. The monoisotopic (exact) mass is 382 g/mol. The summed E-state index contributed by atoms with van der Waals surface area (Å²) in [5.74, 6) is 1.78. The zero-order valence-electron chi connectivity index (χ0n) is 17.8. The number of piperidine rings is 1. The number of aliphatic hydroxyl groups is 1. The molecule has 28 heavy (non-hydrogen) atoms. The number of nitrogens with zero attached hydrogens (tertiary/aromatic N) is 4. The van der Waals surface area contributed by atoms with Crippen molar-refractivity contribution in [2.45, 2.75) is 46.0 Å². The van der Waals surface area contributed by atoms with Crippen molar-refractivity contribution in [2.24, 2.45) is 5.41 Å². The predicted octanol–water partition coefficient (Wildman–Crippen LogP) is 3.76. The number of aliphatic hydroxyl groups excluding tert-OH is 1. The standard InChI is InChI=1S/C23H34N4O/c1-18-19(2)24-22(26(3)4)25-21(18)27-15-9-14-23(16-27,17-28)13-8-12-20-10-6-5-7-11-20/h5-7,10-11,28H,8-9,12-17H2,1-4H3. The van der Waals surface area contributed by atoms with Crippen LogP contribution in [-0.4, -0.2) is 48.9 Å². The number of hydrogen-bond acceptors (Lipinski definition) is 5. The molecule has 0 amide bonds. The summed E-state index contributed by atoms with van der Waals surface area (Å²) in [6, 6.07) is 10.6. The fraction of sp³-hybridized carbons (Fsp3) is 0.565. The molecule has 5 nitrogen and oxygen atoms in total. The molecule has 1 aromatic carbocycles. The second kappa shape index (κ2) is 8.91. The van der Waals surface area contributed by atoms with Crippen molar-refractivity contribution >= 4 is 11.8 Å². The second-order valence-corrected chi connectivity index (χ2v) is 8.47. The number of benzene rings is 1. The molecule has 1 fully saturated rings. The van der Waals surface area contributed by atoms with E-state index in [0.717, 1.165) is 68.2 Å². The van der Waals surface area contributed by atoms with Gasteiger partial charge in [0.1, 0.15) is 5.82 Å². The van der Waals surface area contributed by atoms with E-state index in [0.29, 0.717) is 0 Å². The molecule has 152 valence electrons. The zero-order chi connectivity index (χ0) is 20.1. The van der Waals surface area contributed by atoms with Crippen LogP contribution in [0.2, 0.25) is 0 Å². The quantitative estimate of drug-likeness (QED) is 0.790. The summed E-state index contributed by atoms with van der Waals surface area (Å²) in [5.41, 5.74) is 3.50. The zero-order valence-corrected chi connectivity index (χ0v) is 17.8. The number of rotatable bonds is 7. The highest BCUT2D eigenvalue weighted by molar-refractivity contribution is 5.52. The molecule has 1 unspecified atom stereocenters. The molecule has 0 radical (unpaired) electrons. The van der Waals surface area contributed by atoms with Gasteiger partial charge in [0.2, 0.25) is 5.95 Å². The van der Waals surface area contributed by atoms with E-state index in [4.69, 9.17) is 4.98 Å². The Kier molecular flexibility index (Phi) is 6.55. The molecular weight excluding hydrogens is 348 g/mol. The van der Waals surface area contributed by atoms with Gasteiger partial charge in [0.05, 0.1) is 6.61 Å². The maximum absolute atomic E-state index is 10.3. The second-order valence-electron chi connectivity index (χ2n) is 8.47. The molecule has 2 aromatic rings. The molecule has 0 saturated carbocycles. The van der Waals surface area contributed by atoms with Gasteiger partial charge in [-0.1, -0.05) is 30.3 Å². The third-order valence-electron chi connectivity index (χ3n) is 6.06. The van der Waals surface area contributed by atoms with Crippen molar-refractivity contribution in [1.82, 2.24) is 9.97 Å². The molecule has 1 N–H and O–H groups in total. The summed E-state index contributed by atoms with van der Waals surface area (Å²) in [5, 5.41) is 10.3. The Balaban J connectivity index is 1.74. The van der Waals surface area contributed by atoms with Gasteiger partial charge in [0, 0.05) is 43.9 Å². The van der Waals surface area contributed by atoms with Crippen LogP contribution in [0.1, 0.15) is 42.5 Å². The Morgan fingerprint density at radius 3 is 2.57 bits per heavy atom. The maximum atomic E-state index is 10.3. The minimum atomic E-state index is -0.0450. The van der Waals surface area contributed by atoms with E-state index in [1.165, 1.54) is 5.56 Å². The van der Waals surface area contributed by atoms with Crippen molar-refractivity contribution in [3.63, 3.8) is 0 Å². The van der Waals surface area contributed by atoms with E-state index in [-0.39, 0.29) is 12.0 Å². The molecule has 1 aromatic heterocycles. The maximum Gasteiger partial charge on any atom is 0.227 e. The molecular formula is C23H34N4O. The number of aryl methyl sites for hydroxylation is 2. The first-order chi connectivity index (χ1) is 13.4. The highest BCUT2D eigenvalue weighted by Gasteiger charge is 2.35. The molecule has 2 heterocycles. The van der Waals surface area contributed by atoms with Crippen LogP contribution in [-0.2, 0) is 6.42 Å². The van der Waals surface area contributed by atoms with Gasteiger partial charge in [-0.15, -0.1) is 0 Å². The van der Waals surface area contributed by atoms with Gasteiger partial charge in [-0.05, 0) is 51.5 Å². The normalized spacial score (nSPS) is 19.7. The summed E-state index contributed by atoms with van der Waals surface area (Å²) in [6.45, 7) is 6.25. The molecule has 3 rings (SSSR count). The van der Waals surface area contributed by atoms with Gasteiger partial charge in [0.25, 0.3) is 0 Å². The van der Waals surface area contributed by atoms with Crippen LogP contribution in [0.3, 0.4) is 0 Å². The van der Waals surface area contributed by atoms with Crippen molar-refractivity contribution in [3.05, 3.63) is 47.2 Å². The molecule has 0 spiro atoms. The Labute approximate surface area is 169 Å². The fourth-order valence-electron chi connectivity index (χ4n) is 4.22. The van der Waals surface area contributed by atoms with E-state index in [1.54, 1.807) is 0 Å². The molecule has 1 atom stereocenters. The lowest BCUT2D eigenvalue weighted by molar-refractivity contribution is 0.0938. The van der Waals surface area contributed by atoms with Crippen molar-refractivity contribution in [3.8, 4) is 0 Å². The van der Waals surface area contributed by atoms with Crippen LogP contribution in [0.25, 0.3) is 0 Å². The first-order valence-corrected chi connectivity index (χ1v) is 10.4. The van der Waals surface area contributed by atoms with Crippen molar-refractivity contribution in [1.29, 1.82) is 0 Å². The van der Waals surface area contributed by atoms with E-state index in [1.807, 2.05) is 19.0 Å². The number of anilines is 2. The molecule has 1 aliphatic heterocycles. The Morgan fingerprint density at radius 1 is 1.14 bits per heavy atom. The Morgan fingerprint density at radius 2 is 1.89 bits per heavy atom. The van der Waals surface area contributed by atoms with Gasteiger partial charge in [-0.2, -0.15) is 4.98 Å². The first kappa shape index (κ1) is 20.6. The molecule has 5 heteroatoms. The summed E-state index contributed by atoms with van der Waals surface area (Å²) in [6.07, 6.45) is 5.38. The highest BCUT2D eigenvalue weighted by atomic mass is 16.3. The fourth-order valence-corrected chi connectivity index (χ4v) is 4.22. The van der Waals surface area contributed by atoms with Crippen LogP contribution >= 0.6 is 0 Å². The van der Waals surface area contributed by atoms with Crippen LogP contribution in [0.5, 0.6) is 0 Å². The van der Waals surface area contributed by atoms with Crippen LogP contribution in [0.15, 0.2) is 30.3 Å². The molecule has 1 saturated heterocycles. The smallest absolute Gasteiger partial charge is 0.227 e. The van der Waals surface area contributed by atoms with Gasteiger partial charge in [0.15, 0.2) is 0 Å². The summed E-state index contributed by atoms with van der Waals surface area (Å²) in [7, 11) is 3.96. The lowest BCUT2D eigenvalue weighted by Crippen LogP contribution is -2.46. The lowest BCUT2D eigenvalue weighted by atomic mass is 9.76. The first-order valence-electron chi connectivity index (χ1n) is 10.4. The third-order valence-corrected chi connectivity index (χ3v) is 6.06. The number of aromatic nitrogens is 2. The van der Waals surface area contributed by atoms with Gasteiger partial charge < -0.3 is 14.9 Å². The topological polar surface area (TPSA) is 52.5 Å². The van der Waals surface area contributed by atoms with E-state index in [2.05, 4.69) is 54.1 Å². The number of hydrogen-bond donors (Lipinski definition) is 1. The van der Waals surface area contributed by atoms with E-state index >= 15 is 0 Å². The molecule has 0 bridgehead atoms. The predicted molar refractivity (Wildman–Crippen MR) is 116 cm³/mol. The minimum Gasteiger partial charge on any atom is -0.396 e. The third kappa shape index (κ3) is 4.64. The van der Waals surface area contributed by atoms with Gasteiger partial charge in [-0.3, -0.25) is 0 Å². The minimum absolute atomic E-state index is 0.0450. The Bertz CT molecular complexity index is 778. The van der Waals surface area contributed by atoms with Crippen LogP contribution in [0.4, 0.5) is 11.8 Å². The SMILES string of the molecule is Cc1nc(N(C)C)nc(N2CCCC(CO)(CCCc3ccccc3)C2)c1C. The summed E-state index contributed by atoms with van der Waals surface area (Å²) in [4.78, 5) is 13.8. The van der Waals surface area contributed by atoms with E-state index < -0.39 is 0 Å². The van der Waals surface area contributed by atoms with Gasteiger partial charge in [-0.25, -0.2) is 4.98 Å². The summed E-state index contributed by atoms with van der Waals surface area (Å²) < 4.78 is 0. The lowest BCUT2D eigenvalue weighted by Gasteiger charge is -2.43. The van der Waals surface area contributed by atoms with Gasteiger partial charge >= 0.3 is 0 Å². The van der Waals surface area contributed by atoms with Crippen LogP contribution in [0, 0.1) is 19.3 Å². The summed E-state index contributed by atoms with van der Waals surface area (Å²) >= 11 is 0. The molecule has 1 aliphatic rings. The van der Waals surface area contributed by atoms with Crippen molar-refractivity contribution in [2.75, 3.05) is 43.6 Å². The Hall–Kier alpha value is -2.14. The van der Waals surface area contributed by atoms with Crippen molar-refractivity contribution < 1.29 is 5.11 Å². The average molecular weight is 383 g/mol. The average Bonchev–Trinajstić information content (AvgIpc) is 2.70. The highest BCUT2D eigenvalue weighted by Crippen LogP contribution is 2.37. The van der Waals surface area contributed by atoms with Crippen LogP contribution < -0.4 is 9.80 Å².